The van der Waals surface area contributed by atoms with Crippen LogP contribution in [0.1, 0.15) is 12.8 Å². The molecule has 0 aromatic rings. The van der Waals surface area contributed by atoms with Gasteiger partial charge in [0.05, 0.1) is 3.74 Å². The molecule has 0 aliphatic carbocycles. The van der Waals surface area contributed by atoms with Crippen LogP contribution in [0.25, 0.3) is 0 Å². The molecule has 4 heteroatoms. The van der Waals surface area contributed by atoms with Crippen molar-refractivity contribution in [2.45, 2.75) is 16.6 Å². The molecule has 0 aliphatic heterocycles. The molecule has 0 rings (SSSR count). The Labute approximate surface area is 76.6 Å². The van der Waals surface area contributed by atoms with Crippen LogP contribution in [0.15, 0.2) is 12.2 Å². The van der Waals surface area contributed by atoms with E-state index in [0.717, 1.165) is 6.42 Å². The van der Waals surface area contributed by atoms with Gasteiger partial charge in [-0.2, -0.15) is 0 Å². The highest BCUT2D eigenvalue weighted by atomic mass is 79.9. The number of halogens is 2. The molecule has 10 heavy (non-hydrogen) atoms. The van der Waals surface area contributed by atoms with Gasteiger partial charge in [-0.1, -0.05) is 38.4 Å². The molecule has 0 aliphatic rings. The van der Waals surface area contributed by atoms with Crippen LogP contribution in [0, 0.1) is 0 Å². The van der Waals surface area contributed by atoms with Crippen molar-refractivity contribution in [2.75, 3.05) is 0 Å². The predicted molar refractivity (Wildman–Crippen MR) is 47.7 cm³/mol. The Hall–Kier alpha value is 0.170. The summed E-state index contributed by atoms with van der Waals surface area (Å²) in [7, 11) is 0. The SMILES string of the molecule is C=C(CCC(Br)Br)C(=O)O. The average Bonchev–Trinajstić information content (AvgIpc) is 1.82. The van der Waals surface area contributed by atoms with Crippen molar-refractivity contribution in [3.05, 3.63) is 12.2 Å². The summed E-state index contributed by atoms with van der Waals surface area (Å²) in [6, 6.07) is 0. The second kappa shape index (κ2) is 4.91. The maximum atomic E-state index is 10.2. The molecule has 0 unspecified atom stereocenters. The molecule has 0 saturated carbocycles. The van der Waals surface area contributed by atoms with Gasteiger partial charge in [0, 0.05) is 5.57 Å². The fourth-order valence-electron chi connectivity index (χ4n) is 0.390. The normalized spacial score (nSPS) is 9.90. The first kappa shape index (κ1) is 10.2. The quantitative estimate of drug-likeness (QED) is 0.630. The number of carbonyl (C=O) groups is 1. The van der Waals surface area contributed by atoms with E-state index in [4.69, 9.17) is 5.11 Å². The van der Waals surface area contributed by atoms with Crippen molar-refractivity contribution in [3.63, 3.8) is 0 Å². The number of alkyl halides is 2. The second-order valence-corrected chi connectivity index (χ2v) is 5.28. The molecule has 0 radical (unpaired) electrons. The molecule has 0 spiro atoms. The van der Waals surface area contributed by atoms with Crippen LogP contribution in [0.5, 0.6) is 0 Å². The molecule has 0 aromatic heterocycles. The van der Waals surface area contributed by atoms with E-state index in [1.54, 1.807) is 0 Å². The van der Waals surface area contributed by atoms with Gasteiger partial charge < -0.3 is 5.11 Å². The van der Waals surface area contributed by atoms with Crippen LogP contribution in [0.3, 0.4) is 0 Å². The van der Waals surface area contributed by atoms with E-state index >= 15 is 0 Å². The van der Waals surface area contributed by atoms with Crippen molar-refractivity contribution in [1.82, 2.24) is 0 Å². The van der Waals surface area contributed by atoms with Crippen LogP contribution >= 0.6 is 31.9 Å². The zero-order valence-corrected chi connectivity index (χ0v) is 8.48. The molecule has 0 atom stereocenters. The lowest BCUT2D eigenvalue weighted by molar-refractivity contribution is -0.132. The van der Waals surface area contributed by atoms with Crippen LogP contribution in [0.2, 0.25) is 0 Å². The highest BCUT2D eigenvalue weighted by Gasteiger charge is 2.05. The van der Waals surface area contributed by atoms with Gasteiger partial charge in [0.15, 0.2) is 0 Å². The lowest BCUT2D eigenvalue weighted by Crippen LogP contribution is -2.00. The van der Waals surface area contributed by atoms with E-state index in [0.29, 0.717) is 6.42 Å². The van der Waals surface area contributed by atoms with Gasteiger partial charge in [-0.3, -0.25) is 0 Å². The fourth-order valence-corrected chi connectivity index (χ4v) is 0.848. The van der Waals surface area contributed by atoms with Crippen LogP contribution in [-0.2, 0) is 4.79 Å². The topological polar surface area (TPSA) is 37.3 Å². The van der Waals surface area contributed by atoms with E-state index in [-0.39, 0.29) is 9.31 Å². The van der Waals surface area contributed by atoms with Crippen LogP contribution in [-0.4, -0.2) is 14.8 Å². The average molecular weight is 272 g/mol. The number of hydrogen-bond donors (Lipinski definition) is 1. The summed E-state index contributed by atoms with van der Waals surface area (Å²) < 4.78 is 0.177. The van der Waals surface area contributed by atoms with Gasteiger partial charge >= 0.3 is 5.97 Å². The molecule has 0 saturated heterocycles. The Morgan fingerprint density at radius 2 is 2.10 bits per heavy atom. The number of aliphatic carboxylic acids is 1. The summed E-state index contributed by atoms with van der Waals surface area (Å²) in [4.78, 5) is 10.2. The number of carboxylic acid groups (broad SMARTS) is 1. The molecular formula is C6H8Br2O2. The summed E-state index contributed by atoms with van der Waals surface area (Å²) in [5, 5.41) is 8.36. The van der Waals surface area contributed by atoms with E-state index < -0.39 is 5.97 Å². The third kappa shape index (κ3) is 4.99. The monoisotopic (exact) mass is 270 g/mol. The Morgan fingerprint density at radius 1 is 1.60 bits per heavy atom. The van der Waals surface area contributed by atoms with Crippen molar-refractivity contribution in [1.29, 1.82) is 0 Å². The minimum absolute atomic E-state index is 0.177. The molecule has 0 amide bonds. The maximum Gasteiger partial charge on any atom is 0.330 e. The van der Waals surface area contributed by atoms with E-state index in [1.165, 1.54) is 0 Å². The summed E-state index contributed by atoms with van der Waals surface area (Å²) in [5.41, 5.74) is 0.254. The van der Waals surface area contributed by atoms with Crippen LogP contribution < -0.4 is 0 Å². The molecule has 0 bridgehead atoms. The standard InChI is InChI=1S/C6H8Br2O2/c1-4(6(9)10)2-3-5(7)8/h5H,1-3H2,(H,9,10). The summed E-state index contributed by atoms with van der Waals surface area (Å²) in [6.07, 6.45) is 1.25. The zero-order chi connectivity index (χ0) is 8.15. The minimum atomic E-state index is -0.916. The van der Waals surface area contributed by atoms with Gasteiger partial charge in [0.25, 0.3) is 0 Å². The fraction of sp³-hybridized carbons (Fsp3) is 0.500. The molecular weight excluding hydrogens is 264 g/mol. The smallest absolute Gasteiger partial charge is 0.330 e. The molecule has 0 aromatic carbocycles. The molecule has 0 heterocycles. The van der Waals surface area contributed by atoms with E-state index in [9.17, 15) is 4.79 Å². The minimum Gasteiger partial charge on any atom is -0.478 e. The lowest BCUT2D eigenvalue weighted by atomic mass is 10.2. The zero-order valence-electron chi connectivity index (χ0n) is 5.31. The van der Waals surface area contributed by atoms with Crippen LogP contribution in [0.4, 0.5) is 0 Å². The number of rotatable bonds is 4. The lowest BCUT2D eigenvalue weighted by Gasteiger charge is -1.99. The first-order valence-corrected chi connectivity index (χ1v) is 4.56. The van der Waals surface area contributed by atoms with E-state index in [2.05, 4.69) is 38.4 Å². The predicted octanol–water partition coefficient (Wildman–Crippen LogP) is 2.52. The van der Waals surface area contributed by atoms with Crippen molar-refractivity contribution in [2.24, 2.45) is 0 Å². The Balaban J connectivity index is 3.50. The highest BCUT2D eigenvalue weighted by molar-refractivity contribution is 9.24. The Bertz CT molecular complexity index is 143. The van der Waals surface area contributed by atoms with Gasteiger partial charge in [-0.05, 0) is 12.8 Å². The Kier molecular flexibility index (Phi) is 4.99. The number of carboxylic acids is 1. The Morgan fingerprint density at radius 3 is 2.40 bits per heavy atom. The van der Waals surface area contributed by atoms with E-state index in [1.807, 2.05) is 0 Å². The van der Waals surface area contributed by atoms with Gasteiger partial charge in [0.2, 0.25) is 0 Å². The largest absolute Gasteiger partial charge is 0.478 e. The third-order valence-electron chi connectivity index (χ3n) is 0.967. The van der Waals surface area contributed by atoms with Crippen molar-refractivity contribution in [3.8, 4) is 0 Å². The summed E-state index contributed by atoms with van der Waals surface area (Å²) >= 11 is 6.47. The third-order valence-corrected chi connectivity index (χ3v) is 1.88. The number of hydrogen-bond acceptors (Lipinski definition) is 1. The van der Waals surface area contributed by atoms with Crippen molar-refractivity contribution >= 4 is 37.8 Å². The summed E-state index contributed by atoms with van der Waals surface area (Å²) in [5.74, 6) is -0.916. The second-order valence-electron chi connectivity index (χ2n) is 1.84. The van der Waals surface area contributed by atoms with Crippen molar-refractivity contribution < 1.29 is 9.90 Å². The van der Waals surface area contributed by atoms with Gasteiger partial charge in [-0.25, -0.2) is 4.79 Å². The molecule has 2 nitrogen and oxygen atoms in total. The molecule has 58 valence electrons. The molecule has 0 fully saturated rings. The summed E-state index contributed by atoms with van der Waals surface area (Å²) in [6.45, 7) is 3.38. The maximum absolute atomic E-state index is 10.2. The van der Waals surface area contributed by atoms with Gasteiger partial charge in [0.1, 0.15) is 0 Å². The highest BCUT2D eigenvalue weighted by Crippen LogP contribution is 2.17. The first-order valence-electron chi connectivity index (χ1n) is 2.73. The first-order chi connectivity index (χ1) is 4.54. The molecule has 1 N–H and O–H groups in total. The van der Waals surface area contributed by atoms with Gasteiger partial charge in [-0.15, -0.1) is 0 Å².